The first-order valence-electron chi connectivity index (χ1n) is 6.51. The molecule has 0 spiro atoms. The monoisotopic (exact) mass is 296 g/mol. The number of aryl methyl sites for hydroxylation is 2. The highest BCUT2D eigenvalue weighted by atomic mass is 16.6. The zero-order chi connectivity index (χ0) is 15.7. The molecule has 2 aromatic heterocycles. The Morgan fingerprint density at radius 3 is 2.77 bits per heavy atom. The van der Waals surface area contributed by atoms with Gasteiger partial charge in [0.05, 0.1) is 11.1 Å². The smallest absolute Gasteiger partial charge is 0.271 e. The molecule has 0 fully saturated rings. The maximum absolute atomic E-state index is 10.9. The van der Waals surface area contributed by atoms with E-state index in [1.807, 2.05) is 6.92 Å². The van der Waals surface area contributed by atoms with Gasteiger partial charge >= 0.3 is 0 Å². The molecular formula is C14H12N6O2. The largest absolute Gasteiger partial charge is 0.338 e. The van der Waals surface area contributed by atoms with Gasteiger partial charge in [-0.3, -0.25) is 10.1 Å². The third-order valence-electron chi connectivity index (χ3n) is 3.18. The predicted octanol–water partition coefficient (Wildman–Crippen LogP) is 2.69. The van der Waals surface area contributed by atoms with Crippen LogP contribution in [0.5, 0.6) is 0 Å². The highest BCUT2D eigenvalue weighted by Crippen LogP contribution is 2.26. The van der Waals surface area contributed by atoms with Crippen LogP contribution in [0.2, 0.25) is 0 Å². The number of benzene rings is 1. The van der Waals surface area contributed by atoms with E-state index in [0.717, 1.165) is 5.56 Å². The molecule has 0 aliphatic rings. The van der Waals surface area contributed by atoms with Gasteiger partial charge in [0, 0.05) is 17.8 Å². The van der Waals surface area contributed by atoms with Gasteiger partial charge in [0.15, 0.2) is 5.82 Å². The van der Waals surface area contributed by atoms with Gasteiger partial charge in [-0.05, 0) is 19.4 Å². The van der Waals surface area contributed by atoms with Crippen LogP contribution in [0, 0.1) is 24.0 Å². The van der Waals surface area contributed by atoms with Gasteiger partial charge in [0.2, 0.25) is 0 Å². The van der Waals surface area contributed by atoms with Crippen LogP contribution < -0.4 is 5.32 Å². The molecule has 0 unspecified atom stereocenters. The fourth-order valence-corrected chi connectivity index (χ4v) is 2.02. The summed E-state index contributed by atoms with van der Waals surface area (Å²) in [6.07, 6.45) is 3.01. The minimum Gasteiger partial charge on any atom is -0.338 e. The van der Waals surface area contributed by atoms with Gasteiger partial charge in [-0.1, -0.05) is 6.07 Å². The number of hydrogen-bond acceptors (Lipinski definition) is 7. The van der Waals surface area contributed by atoms with Crippen molar-refractivity contribution in [2.75, 3.05) is 5.32 Å². The summed E-state index contributed by atoms with van der Waals surface area (Å²) in [7, 11) is 0. The molecule has 1 N–H and O–H groups in total. The molecule has 8 nitrogen and oxygen atoms in total. The van der Waals surface area contributed by atoms with Crippen LogP contribution in [0.1, 0.15) is 11.4 Å². The maximum Gasteiger partial charge on any atom is 0.271 e. The topological polar surface area (TPSA) is 107 Å². The Bertz CT molecular complexity index is 880. The molecular weight excluding hydrogens is 284 g/mol. The van der Waals surface area contributed by atoms with Crippen molar-refractivity contribution in [2.24, 2.45) is 0 Å². The second-order valence-corrected chi connectivity index (χ2v) is 4.75. The molecule has 0 amide bonds. The van der Waals surface area contributed by atoms with Crippen molar-refractivity contribution in [1.82, 2.24) is 19.9 Å². The van der Waals surface area contributed by atoms with E-state index in [9.17, 15) is 10.1 Å². The number of rotatable bonds is 3. The quantitative estimate of drug-likeness (QED) is 0.584. The second-order valence-electron chi connectivity index (χ2n) is 4.75. The highest BCUT2D eigenvalue weighted by Gasteiger charge is 2.12. The van der Waals surface area contributed by atoms with E-state index in [1.165, 1.54) is 18.5 Å². The summed E-state index contributed by atoms with van der Waals surface area (Å²) in [5.74, 6) is 1.08. The molecule has 8 heteroatoms. The van der Waals surface area contributed by atoms with Crippen molar-refractivity contribution in [2.45, 2.75) is 13.8 Å². The van der Waals surface area contributed by atoms with Crippen LogP contribution in [0.4, 0.5) is 17.2 Å². The summed E-state index contributed by atoms with van der Waals surface area (Å²) in [5.41, 5.74) is 2.65. The summed E-state index contributed by atoms with van der Waals surface area (Å²) < 4.78 is 0. The molecule has 3 aromatic rings. The van der Waals surface area contributed by atoms with Crippen molar-refractivity contribution in [3.05, 3.63) is 52.2 Å². The molecule has 0 atom stereocenters. The van der Waals surface area contributed by atoms with Crippen LogP contribution in [-0.2, 0) is 0 Å². The van der Waals surface area contributed by atoms with E-state index >= 15 is 0 Å². The molecule has 0 radical (unpaired) electrons. The van der Waals surface area contributed by atoms with Crippen LogP contribution in [0.25, 0.3) is 11.0 Å². The maximum atomic E-state index is 10.9. The number of fused-ring (bicyclic) bond motifs is 1. The molecule has 3 rings (SSSR count). The summed E-state index contributed by atoms with van der Waals surface area (Å²) in [6.45, 7) is 3.63. The van der Waals surface area contributed by atoms with E-state index in [1.54, 1.807) is 19.2 Å². The van der Waals surface area contributed by atoms with Crippen LogP contribution in [0.15, 0.2) is 30.7 Å². The van der Waals surface area contributed by atoms with E-state index in [4.69, 9.17) is 0 Å². The first-order valence-corrected chi connectivity index (χ1v) is 6.51. The molecule has 0 saturated heterocycles. The zero-order valence-corrected chi connectivity index (χ0v) is 11.9. The summed E-state index contributed by atoms with van der Waals surface area (Å²) in [4.78, 5) is 27.2. The van der Waals surface area contributed by atoms with Gasteiger partial charge in [-0.15, -0.1) is 0 Å². The number of nitrogens with zero attached hydrogens (tertiary/aromatic N) is 5. The zero-order valence-electron chi connectivity index (χ0n) is 11.9. The van der Waals surface area contributed by atoms with Gasteiger partial charge in [-0.25, -0.2) is 19.9 Å². The van der Waals surface area contributed by atoms with Crippen molar-refractivity contribution in [3.63, 3.8) is 0 Å². The minimum absolute atomic E-state index is 0.0114. The van der Waals surface area contributed by atoms with Crippen molar-refractivity contribution in [3.8, 4) is 0 Å². The van der Waals surface area contributed by atoms with E-state index in [-0.39, 0.29) is 5.69 Å². The number of aromatic nitrogens is 4. The van der Waals surface area contributed by atoms with Crippen LogP contribution in [0.3, 0.4) is 0 Å². The Kier molecular flexibility index (Phi) is 3.34. The molecule has 0 saturated carbocycles. The summed E-state index contributed by atoms with van der Waals surface area (Å²) >= 11 is 0. The number of anilines is 2. The van der Waals surface area contributed by atoms with Gasteiger partial charge in [-0.2, -0.15) is 0 Å². The van der Waals surface area contributed by atoms with E-state index in [2.05, 4.69) is 25.3 Å². The van der Waals surface area contributed by atoms with Crippen molar-refractivity contribution < 1.29 is 4.92 Å². The number of nitrogens with one attached hydrogen (secondary N) is 1. The lowest BCUT2D eigenvalue weighted by Gasteiger charge is -2.10. The van der Waals surface area contributed by atoms with Crippen molar-refractivity contribution in [1.29, 1.82) is 0 Å². The first-order chi connectivity index (χ1) is 10.5. The average molecular weight is 296 g/mol. The van der Waals surface area contributed by atoms with E-state index < -0.39 is 4.92 Å². The minimum atomic E-state index is -0.435. The van der Waals surface area contributed by atoms with Crippen LogP contribution >= 0.6 is 0 Å². The molecule has 22 heavy (non-hydrogen) atoms. The fourth-order valence-electron chi connectivity index (χ4n) is 2.02. The average Bonchev–Trinajstić information content (AvgIpc) is 2.49. The molecule has 0 aliphatic heterocycles. The lowest BCUT2D eigenvalue weighted by atomic mass is 10.2. The fraction of sp³-hybridized carbons (Fsp3) is 0.143. The van der Waals surface area contributed by atoms with Gasteiger partial charge in [0.1, 0.15) is 23.2 Å². The predicted molar refractivity (Wildman–Crippen MR) is 81.0 cm³/mol. The number of nitro groups is 1. The van der Waals surface area contributed by atoms with Crippen molar-refractivity contribution >= 4 is 28.2 Å². The van der Waals surface area contributed by atoms with Gasteiger partial charge in [0.25, 0.3) is 5.69 Å². The Morgan fingerprint density at radius 1 is 1.18 bits per heavy atom. The van der Waals surface area contributed by atoms with Gasteiger partial charge < -0.3 is 5.32 Å². The normalized spacial score (nSPS) is 10.6. The third-order valence-corrected chi connectivity index (χ3v) is 3.18. The second kappa shape index (κ2) is 5.32. The third kappa shape index (κ3) is 2.53. The Labute approximate surface area is 125 Å². The Morgan fingerprint density at radius 2 is 2.00 bits per heavy atom. The molecule has 0 aliphatic carbocycles. The summed E-state index contributed by atoms with van der Waals surface area (Å²) in [5, 5.41) is 14.0. The number of non-ortho nitro benzene ring substituents is 1. The SMILES string of the molecule is Cc1ncc2ncnc(Nc3cc([N+](=O)[O-])ccc3C)c2n1. The lowest BCUT2D eigenvalue weighted by Crippen LogP contribution is -2.01. The number of hydrogen-bond donors (Lipinski definition) is 1. The molecule has 0 bridgehead atoms. The Hall–Kier alpha value is -3.16. The Balaban J connectivity index is 2.09. The van der Waals surface area contributed by atoms with Crippen LogP contribution in [-0.4, -0.2) is 24.9 Å². The molecule has 110 valence electrons. The standard InChI is InChI=1S/C14H12N6O2/c1-8-3-4-10(20(21)22)5-11(8)19-14-13-12(16-7-17-14)6-15-9(2)18-13/h3-7H,1-2H3,(H,16,17,19). The highest BCUT2D eigenvalue weighted by molar-refractivity contribution is 5.86. The van der Waals surface area contributed by atoms with E-state index in [0.29, 0.717) is 28.4 Å². The lowest BCUT2D eigenvalue weighted by molar-refractivity contribution is -0.384. The summed E-state index contributed by atoms with van der Waals surface area (Å²) in [6, 6.07) is 4.62. The number of nitro benzene ring substituents is 1. The molecule has 1 aromatic carbocycles. The molecule has 2 heterocycles. The first kappa shape index (κ1) is 13.8.